The number of hydrogen-bond acceptors (Lipinski definition) is 2. The molecule has 1 aromatic carbocycles. The second-order valence-corrected chi connectivity index (χ2v) is 2.70. The monoisotopic (exact) mass is 187 g/mol. The van der Waals surface area contributed by atoms with Crippen molar-refractivity contribution in [3.05, 3.63) is 35.9 Å². The van der Waals surface area contributed by atoms with Crippen molar-refractivity contribution < 1.29 is 4.21 Å². The molecule has 0 fully saturated rings. The number of benzene rings is 1. The van der Waals surface area contributed by atoms with Gasteiger partial charge in [-0.1, -0.05) is 41.9 Å². The first kappa shape index (κ1) is 8.43. The van der Waals surface area contributed by atoms with Crippen LogP contribution in [0.4, 0.5) is 0 Å². The van der Waals surface area contributed by atoms with Gasteiger partial charge in [0.15, 0.2) is 5.50 Å². The number of alkyl halides is 1. The predicted molar refractivity (Wildman–Crippen MR) is 45.6 cm³/mol. The second-order valence-electron chi connectivity index (χ2n) is 1.93. The Balaban J connectivity index is 2.84. The summed E-state index contributed by atoms with van der Waals surface area (Å²) in [5.41, 5.74) is 0.316. The second kappa shape index (κ2) is 4.26. The average molecular weight is 188 g/mol. The van der Waals surface area contributed by atoms with Crippen molar-refractivity contribution in [2.24, 2.45) is 4.36 Å². The Morgan fingerprint density at radius 3 is 2.55 bits per heavy atom. The normalized spacial score (nSPS) is 12.1. The fourth-order valence-electron chi connectivity index (χ4n) is 0.710. The molecule has 0 aliphatic heterocycles. The Kier molecular flexibility index (Phi) is 3.26. The highest BCUT2D eigenvalue weighted by Crippen LogP contribution is 2.20. The molecule has 0 heterocycles. The first-order chi connectivity index (χ1) is 5.34. The van der Waals surface area contributed by atoms with Gasteiger partial charge < -0.3 is 0 Å². The first-order valence-electron chi connectivity index (χ1n) is 3.03. The van der Waals surface area contributed by atoms with E-state index in [0.717, 1.165) is 5.56 Å². The van der Waals surface area contributed by atoms with E-state index in [1.165, 1.54) is 0 Å². The zero-order valence-corrected chi connectivity index (χ0v) is 7.18. The van der Waals surface area contributed by atoms with Gasteiger partial charge in [0.2, 0.25) is 11.5 Å². The van der Waals surface area contributed by atoms with Crippen molar-refractivity contribution in [1.29, 1.82) is 0 Å². The molecule has 1 aromatic rings. The van der Waals surface area contributed by atoms with E-state index in [1.54, 1.807) is 0 Å². The summed E-state index contributed by atoms with van der Waals surface area (Å²) in [5, 5.41) is 0. The molecule has 0 bridgehead atoms. The fraction of sp³-hybridized carbons (Fsp3) is 0.143. The maximum Gasteiger partial charge on any atom is 0.201 e. The van der Waals surface area contributed by atoms with Crippen molar-refractivity contribution in [3.8, 4) is 0 Å². The average Bonchev–Trinajstić information content (AvgIpc) is 2.07. The third-order valence-electron chi connectivity index (χ3n) is 1.21. The predicted octanol–water partition coefficient (Wildman–Crippen LogP) is 2.32. The Morgan fingerprint density at radius 1 is 1.36 bits per heavy atom. The highest BCUT2D eigenvalue weighted by molar-refractivity contribution is 7.54. The van der Waals surface area contributed by atoms with Crippen LogP contribution in [0.5, 0.6) is 0 Å². The number of hydrogen-bond donors (Lipinski definition) is 0. The minimum absolute atomic E-state index is 0.148. The summed E-state index contributed by atoms with van der Waals surface area (Å²) in [7, 11) is 0. The largest absolute Gasteiger partial charge is 0.201 e. The molecule has 0 N–H and O–H groups in total. The van der Waals surface area contributed by atoms with Crippen molar-refractivity contribution in [3.63, 3.8) is 0 Å². The Hall–Kier alpha value is -0.670. The van der Waals surface area contributed by atoms with Crippen LogP contribution in [0.3, 0.4) is 0 Å². The number of nitrogens with zero attached hydrogens (tertiary/aromatic N) is 1. The van der Waals surface area contributed by atoms with Gasteiger partial charge in [-0.2, -0.15) is 8.57 Å². The molecule has 4 heteroatoms. The van der Waals surface area contributed by atoms with Crippen molar-refractivity contribution >= 4 is 23.1 Å². The van der Waals surface area contributed by atoms with E-state index in [2.05, 4.69) is 4.36 Å². The fourth-order valence-corrected chi connectivity index (χ4v) is 1.15. The molecular formula is C7H6ClNOS. The maximum atomic E-state index is 9.98. The molecule has 0 aliphatic rings. The summed E-state index contributed by atoms with van der Waals surface area (Å²) >= 11 is 5.87. The van der Waals surface area contributed by atoms with Gasteiger partial charge in [-0.3, -0.25) is 0 Å². The van der Waals surface area contributed by atoms with Gasteiger partial charge in [-0.05, 0) is 5.56 Å². The standard InChI is InChI=1S/C7H6ClNOS/c8-7(9-11-10)6-4-2-1-3-5-6/h1-5,7H. The Morgan fingerprint density at radius 2 is 2.00 bits per heavy atom. The molecule has 11 heavy (non-hydrogen) atoms. The van der Waals surface area contributed by atoms with Gasteiger partial charge in [0, 0.05) is 0 Å². The lowest BCUT2D eigenvalue weighted by molar-refractivity contribution is 0.696. The van der Waals surface area contributed by atoms with Crippen molar-refractivity contribution in [2.45, 2.75) is 5.50 Å². The Labute approximate surface area is 73.4 Å². The summed E-state index contributed by atoms with van der Waals surface area (Å²) in [5.74, 6) is 0. The molecule has 58 valence electrons. The van der Waals surface area contributed by atoms with Gasteiger partial charge in [0.25, 0.3) is 0 Å². The van der Waals surface area contributed by atoms with E-state index in [-0.39, 0.29) is 11.5 Å². The molecule has 1 unspecified atom stereocenters. The third kappa shape index (κ3) is 2.44. The van der Waals surface area contributed by atoms with Crippen LogP contribution in [-0.4, -0.2) is 4.21 Å². The molecule has 0 radical (unpaired) electrons. The summed E-state index contributed by atoms with van der Waals surface area (Å²) in [4.78, 5) is 0. The van der Waals surface area contributed by atoms with Gasteiger partial charge in [0.05, 0.1) is 0 Å². The molecule has 0 aromatic heterocycles. The van der Waals surface area contributed by atoms with Gasteiger partial charge >= 0.3 is 0 Å². The van der Waals surface area contributed by atoms with Crippen LogP contribution in [0, 0.1) is 0 Å². The van der Waals surface area contributed by atoms with E-state index in [1.807, 2.05) is 30.3 Å². The lowest BCUT2D eigenvalue weighted by Crippen LogP contribution is -1.82. The molecule has 0 spiro atoms. The molecular weight excluding hydrogens is 182 g/mol. The van der Waals surface area contributed by atoms with Crippen LogP contribution in [-0.2, 0) is 11.5 Å². The lowest BCUT2D eigenvalue weighted by atomic mass is 10.2. The summed E-state index contributed by atoms with van der Waals surface area (Å²) in [6.45, 7) is 0. The molecule has 1 rings (SSSR count). The molecule has 1 atom stereocenters. The summed E-state index contributed by atoms with van der Waals surface area (Å²) in [6, 6.07) is 9.26. The molecule has 2 nitrogen and oxygen atoms in total. The van der Waals surface area contributed by atoms with Crippen molar-refractivity contribution in [2.75, 3.05) is 0 Å². The molecule has 0 amide bonds. The summed E-state index contributed by atoms with van der Waals surface area (Å²) in [6.07, 6.45) is 0. The van der Waals surface area contributed by atoms with Crippen LogP contribution < -0.4 is 0 Å². The van der Waals surface area contributed by atoms with E-state index in [4.69, 9.17) is 11.6 Å². The van der Waals surface area contributed by atoms with Crippen molar-refractivity contribution in [1.82, 2.24) is 0 Å². The summed E-state index contributed by atoms with van der Waals surface area (Å²) < 4.78 is 13.5. The number of rotatable bonds is 2. The van der Waals surface area contributed by atoms with E-state index < -0.39 is 5.50 Å². The minimum Gasteiger partial charge on any atom is -0.191 e. The SMILES string of the molecule is O=S=NC(Cl)c1ccccc1. The number of halogens is 1. The highest BCUT2D eigenvalue weighted by Gasteiger charge is 2.02. The Bertz CT molecular complexity index is 271. The third-order valence-corrected chi connectivity index (χ3v) is 1.97. The van der Waals surface area contributed by atoms with Crippen LogP contribution in [0.15, 0.2) is 34.7 Å². The van der Waals surface area contributed by atoms with Crippen LogP contribution in [0.1, 0.15) is 11.1 Å². The van der Waals surface area contributed by atoms with E-state index in [0.29, 0.717) is 0 Å². The molecule has 0 aliphatic carbocycles. The molecule has 0 saturated carbocycles. The van der Waals surface area contributed by atoms with E-state index >= 15 is 0 Å². The quantitative estimate of drug-likeness (QED) is 0.516. The highest BCUT2D eigenvalue weighted by atomic mass is 35.5. The zero-order chi connectivity index (χ0) is 8.10. The van der Waals surface area contributed by atoms with Crippen LogP contribution >= 0.6 is 11.6 Å². The zero-order valence-electron chi connectivity index (χ0n) is 5.61. The van der Waals surface area contributed by atoms with Gasteiger partial charge in [-0.25, -0.2) is 0 Å². The smallest absolute Gasteiger partial charge is 0.191 e. The maximum absolute atomic E-state index is 9.98. The first-order valence-corrected chi connectivity index (χ1v) is 4.16. The topological polar surface area (TPSA) is 29.4 Å². The van der Waals surface area contributed by atoms with Crippen LogP contribution in [0.25, 0.3) is 0 Å². The van der Waals surface area contributed by atoms with E-state index in [9.17, 15) is 4.21 Å². The van der Waals surface area contributed by atoms with Crippen LogP contribution in [0.2, 0.25) is 0 Å². The molecule has 0 saturated heterocycles. The van der Waals surface area contributed by atoms with Gasteiger partial charge in [-0.15, -0.1) is 0 Å². The lowest BCUT2D eigenvalue weighted by Gasteiger charge is -1.99. The minimum atomic E-state index is -0.529. The van der Waals surface area contributed by atoms with Gasteiger partial charge in [0.1, 0.15) is 0 Å².